The van der Waals surface area contributed by atoms with Crippen molar-refractivity contribution >= 4 is 46.4 Å². The Morgan fingerprint density at radius 3 is 1.17 bits per heavy atom. The van der Waals surface area contributed by atoms with Crippen LogP contribution in [-0.2, 0) is 0 Å². The van der Waals surface area contributed by atoms with Gasteiger partial charge in [0.25, 0.3) is 0 Å². The van der Waals surface area contributed by atoms with E-state index < -0.39 is 0 Å². The Morgan fingerprint density at radius 1 is 0.500 bits per heavy atom. The molecule has 0 nitrogen and oxygen atoms in total. The van der Waals surface area contributed by atoms with E-state index in [2.05, 4.69) is 0 Å². The summed E-state index contributed by atoms with van der Waals surface area (Å²) in [5, 5.41) is 1.69. The van der Waals surface area contributed by atoms with Gasteiger partial charge in [-0.25, -0.2) is 0 Å². The van der Waals surface area contributed by atoms with Crippen LogP contribution in [0.15, 0.2) is 10.1 Å². The second kappa shape index (κ2) is 14.3. The summed E-state index contributed by atoms with van der Waals surface area (Å²) in [7, 11) is 0. The van der Waals surface area contributed by atoms with Crippen LogP contribution in [0.2, 0.25) is 0 Å². The Morgan fingerprint density at radius 2 is 0.833 bits per heavy atom. The fourth-order valence-corrected chi connectivity index (χ4v) is 2.56. The molecule has 0 radical (unpaired) electrons. The fraction of sp³-hybridized carbons (Fsp3) is 0.857. The third kappa shape index (κ3) is 12.0. The van der Waals surface area contributed by atoms with Crippen molar-refractivity contribution in [3.8, 4) is 0 Å². The highest BCUT2D eigenvalue weighted by Gasteiger charge is 2.02. The van der Waals surface area contributed by atoms with Crippen molar-refractivity contribution < 1.29 is 0 Å². The van der Waals surface area contributed by atoms with E-state index in [4.69, 9.17) is 46.4 Å². The van der Waals surface area contributed by atoms with Gasteiger partial charge in [-0.2, -0.15) is 0 Å². The highest BCUT2D eigenvalue weighted by molar-refractivity contribution is 6.39. The van der Waals surface area contributed by atoms with Gasteiger partial charge in [-0.05, 0) is 38.5 Å². The zero-order valence-electron chi connectivity index (χ0n) is 11.0. The Labute approximate surface area is 132 Å². The van der Waals surface area contributed by atoms with Gasteiger partial charge < -0.3 is 0 Å². The molecule has 0 saturated heterocycles. The second-order valence-electron chi connectivity index (χ2n) is 4.52. The monoisotopic (exact) mass is 332 g/mol. The summed E-state index contributed by atoms with van der Waals surface area (Å²) in [5.74, 6) is 1.51. The van der Waals surface area contributed by atoms with Crippen LogP contribution in [0.4, 0.5) is 0 Å². The summed E-state index contributed by atoms with van der Waals surface area (Å²) >= 11 is 23.6. The molecule has 0 aliphatic rings. The van der Waals surface area contributed by atoms with Crippen LogP contribution in [0, 0.1) is 0 Å². The van der Waals surface area contributed by atoms with Gasteiger partial charge in [0.05, 0.1) is 0 Å². The zero-order chi connectivity index (χ0) is 13.6. The van der Waals surface area contributed by atoms with Crippen molar-refractivity contribution in [3.63, 3.8) is 0 Å². The fourth-order valence-electron chi connectivity index (χ4n) is 1.73. The SMILES string of the molecule is ClCCCCCCC(Cl)=C(Cl)CCCCCCCl. The maximum Gasteiger partial charge on any atom is 0.0325 e. The predicted molar refractivity (Wildman–Crippen MR) is 86.3 cm³/mol. The molecule has 0 amide bonds. The van der Waals surface area contributed by atoms with Gasteiger partial charge >= 0.3 is 0 Å². The molecular formula is C14H24Cl4. The van der Waals surface area contributed by atoms with Gasteiger partial charge in [0.1, 0.15) is 0 Å². The quantitative estimate of drug-likeness (QED) is 0.265. The first kappa shape index (κ1) is 18.9. The maximum absolute atomic E-state index is 6.18. The number of allylic oxidation sites excluding steroid dienone is 2. The van der Waals surface area contributed by atoms with Crippen LogP contribution in [0.3, 0.4) is 0 Å². The molecule has 0 bridgehead atoms. The summed E-state index contributed by atoms with van der Waals surface area (Å²) in [6, 6.07) is 0. The summed E-state index contributed by atoms with van der Waals surface area (Å²) in [6.45, 7) is 0. The van der Waals surface area contributed by atoms with Crippen LogP contribution in [-0.4, -0.2) is 11.8 Å². The van der Waals surface area contributed by atoms with Gasteiger partial charge in [-0.15, -0.1) is 23.2 Å². The molecule has 4 heteroatoms. The molecule has 0 aliphatic carbocycles. The van der Waals surface area contributed by atoms with Gasteiger partial charge in [0.15, 0.2) is 0 Å². The first-order chi connectivity index (χ1) is 8.72. The molecule has 0 N–H and O–H groups in total. The lowest BCUT2D eigenvalue weighted by Gasteiger charge is -2.04. The van der Waals surface area contributed by atoms with Crippen molar-refractivity contribution in [2.24, 2.45) is 0 Å². The van der Waals surface area contributed by atoms with Gasteiger partial charge in [0.2, 0.25) is 0 Å². The Bertz CT molecular complexity index is 192. The third-order valence-corrected chi connectivity index (χ3v) is 4.32. The standard InChI is InChI=1S/C14H24Cl4/c15-11-7-3-1-5-9-13(17)14(18)10-6-2-4-8-12-16/h1-12H2. The average molecular weight is 334 g/mol. The molecule has 0 aliphatic heterocycles. The summed E-state index contributed by atoms with van der Waals surface area (Å²) in [6.07, 6.45) is 11.0. The molecule has 0 heterocycles. The van der Waals surface area contributed by atoms with Crippen molar-refractivity contribution in [2.75, 3.05) is 11.8 Å². The first-order valence-corrected chi connectivity index (χ1v) is 8.69. The van der Waals surface area contributed by atoms with E-state index in [1.807, 2.05) is 0 Å². The molecule has 18 heavy (non-hydrogen) atoms. The van der Waals surface area contributed by atoms with Crippen molar-refractivity contribution in [1.82, 2.24) is 0 Å². The Hall–Kier alpha value is 0.900. The number of rotatable bonds is 12. The average Bonchev–Trinajstić information content (AvgIpc) is 2.37. The van der Waals surface area contributed by atoms with E-state index >= 15 is 0 Å². The topological polar surface area (TPSA) is 0 Å². The predicted octanol–water partition coefficient (Wildman–Crippen LogP) is 7.05. The van der Waals surface area contributed by atoms with E-state index in [0.29, 0.717) is 0 Å². The lowest BCUT2D eigenvalue weighted by atomic mass is 10.1. The lowest BCUT2D eigenvalue weighted by molar-refractivity contribution is 0.662. The highest BCUT2D eigenvalue weighted by atomic mass is 35.5. The van der Waals surface area contributed by atoms with Crippen LogP contribution in [0.5, 0.6) is 0 Å². The summed E-state index contributed by atoms with van der Waals surface area (Å²) < 4.78 is 0. The van der Waals surface area contributed by atoms with Gasteiger partial charge in [-0.1, -0.05) is 48.9 Å². The minimum Gasteiger partial charge on any atom is -0.127 e. The summed E-state index contributed by atoms with van der Waals surface area (Å²) in [4.78, 5) is 0. The second-order valence-corrected chi connectivity index (χ2v) is 6.18. The largest absolute Gasteiger partial charge is 0.127 e. The van der Waals surface area contributed by atoms with E-state index in [9.17, 15) is 0 Å². The smallest absolute Gasteiger partial charge is 0.0325 e. The zero-order valence-corrected chi connectivity index (χ0v) is 14.0. The maximum atomic E-state index is 6.18. The first-order valence-electron chi connectivity index (χ1n) is 6.87. The third-order valence-electron chi connectivity index (χ3n) is 2.85. The molecule has 0 aromatic heterocycles. The number of hydrogen-bond donors (Lipinski definition) is 0. The molecule has 108 valence electrons. The van der Waals surface area contributed by atoms with E-state index in [-0.39, 0.29) is 0 Å². The van der Waals surface area contributed by atoms with Crippen LogP contribution in [0.25, 0.3) is 0 Å². The molecule has 0 rings (SSSR count). The minimum absolute atomic E-state index is 0.757. The molecule has 0 fully saturated rings. The van der Waals surface area contributed by atoms with Crippen LogP contribution >= 0.6 is 46.4 Å². The highest BCUT2D eigenvalue weighted by Crippen LogP contribution is 2.25. The molecule has 0 atom stereocenters. The Balaban J connectivity index is 3.56. The van der Waals surface area contributed by atoms with Crippen LogP contribution < -0.4 is 0 Å². The van der Waals surface area contributed by atoms with E-state index in [1.165, 1.54) is 25.7 Å². The number of unbranched alkanes of at least 4 members (excludes halogenated alkanes) is 6. The Kier molecular flexibility index (Phi) is 15.0. The molecule has 0 spiro atoms. The number of alkyl halides is 2. The molecule has 0 saturated carbocycles. The van der Waals surface area contributed by atoms with Crippen molar-refractivity contribution in [2.45, 2.75) is 64.2 Å². The van der Waals surface area contributed by atoms with Crippen molar-refractivity contribution in [1.29, 1.82) is 0 Å². The van der Waals surface area contributed by atoms with Gasteiger partial charge in [0, 0.05) is 21.8 Å². The number of halogens is 4. The summed E-state index contributed by atoms with van der Waals surface area (Å²) in [5.41, 5.74) is 0. The van der Waals surface area contributed by atoms with Gasteiger partial charge in [-0.3, -0.25) is 0 Å². The lowest BCUT2D eigenvalue weighted by Crippen LogP contribution is -1.85. The molecule has 0 aromatic carbocycles. The normalized spacial score (nSPS) is 12.7. The molecular weight excluding hydrogens is 310 g/mol. The number of hydrogen-bond acceptors (Lipinski definition) is 0. The molecule has 0 aromatic rings. The van der Waals surface area contributed by atoms with E-state index in [0.717, 1.165) is 60.3 Å². The minimum atomic E-state index is 0.757. The van der Waals surface area contributed by atoms with Crippen molar-refractivity contribution in [3.05, 3.63) is 10.1 Å². The van der Waals surface area contributed by atoms with E-state index in [1.54, 1.807) is 0 Å². The molecule has 0 unspecified atom stereocenters. The van der Waals surface area contributed by atoms with Crippen LogP contribution in [0.1, 0.15) is 64.2 Å².